The van der Waals surface area contributed by atoms with Crippen molar-refractivity contribution in [1.82, 2.24) is 0 Å². The van der Waals surface area contributed by atoms with Crippen LogP contribution in [0.1, 0.15) is 0 Å². The first-order valence-corrected chi connectivity index (χ1v) is 1.89. The van der Waals surface area contributed by atoms with Crippen LogP contribution < -0.4 is 0 Å². The first-order chi connectivity index (χ1) is 2.41. The molecule has 0 aliphatic heterocycles. The van der Waals surface area contributed by atoms with Gasteiger partial charge >= 0.3 is 33.2 Å². The van der Waals surface area contributed by atoms with E-state index >= 15 is 0 Å². The second-order valence-corrected chi connectivity index (χ2v) is 0.913. The van der Waals surface area contributed by atoms with Crippen molar-refractivity contribution < 1.29 is 7.41 Å². The first-order valence-electron chi connectivity index (χ1n) is 0.943. The topological polar surface area (TPSA) is 18.5 Å². The quantitative estimate of drug-likeness (QED) is 0.399. The fourth-order valence-electron chi connectivity index (χ4n) is 0.0321. The Hall–Kier alpha value is 1.05. The molecule has 0 amide bonds. The van der Waals surface area contributed by atoms with Crippen molar-refractivity contribution in [3.63, 3.8) is 0 Å². The molecule has 0 spiro atoms. The smallest absolute Gasteiger partial charge is 0.313 e. The standard InChI is InChI=1S/2Al.BO2/c;;2-1-3/q2*+1;-3. The van der Waals surface area contributed by atoms with Gasteiger partial charge in [-0.25, -0.2) is 0 Å². The van der Waals surface area contributed by atoms with E-state index in [2.05, 4.69) is 7.41 Å². The van der Waals surface area contributed by atoms with Gasteiger partial charge in [0.15, 0.2) is 0 Å². The lowest BCUT2D eigenvalue weighted by Gasteiger charge is -2.15. The van der Waals surface area contributed by atoms with E-state index in [-0.39, 0.29) is 0 Å². The van der Waals surface area contributed by atoms with E-state index in [1.807, 2.05) is 33.2 Å². The number of hydrogen-bond acceptors (Lipinski definition) is 2. The van der Waals surface area contributed by atoms with Crippen molar-refractivity contribution >= 4 is 40.9 Å². The normalized spacial score (nSPS) is 8.00. The predicted octanol–water partition coefficient (Wildman–Crippen LogP) is -1.28. The van der Waals surface area contributed by atoms with Gasteiger partial charge in [0.05, 0.1) is 0 Å². The molecule has 6 radical (unpaired) electrons. The Labute approximate surface area is 48.7 Å². The Kier molecular flexibility index (Phi) is 6.11. The van der Waals surface area contributed by atoms with Crippen molar-refractivity contribution in [3.8, 4) is 0 Å². The molecular weight excluding hydrogens is 96.8 g/mol. The van der Waals surface area contributed by atoms with Gasteiger partial charge in [0.25, 0.3) is 0 Å². The molecule has 0 heterocycles. The monoisotopic (exact) mass is 97.0 g/mol. The van der Waals surface area contributed by atoms with Gasteiger partial charge in [0, 0.05) is 0 Å². The van der Waals surface area contributed by atoms with Gasteiger partial charge < -0.3 is 7.41 Å². The molecule has 0 aromatic carbocycles. The molecule has 22 valence electrons. The van der Waals surface area contributed by atoms with Crippen LogP contribution in [0.3, 0.4) is 0 Å². The second-order valence-electron chi connectivity index (χ2n) is 0.368. The summed E-state index contributed by atoms with van der Waals surface area (Å²) < 4.78 is 8.48. The summed E-state index contributed by atoms with van der Waals surface area (Å²) in [5, 5.41) is 0. The van der Waals surface area contributed by atoms with E-state index in [1.54, 1.807) is 0 Å². The molecule has 0 atom stereocenters. The highest BCUT2D eigenvalue weighted by molar-refractivity contribution is 6.33. The van der Waals surface area contributed by atoms with Crippen LogP contribution in [0, 0.1) is 0 Å². The van der Waals surface area contributed by atoms with Crippen LogP contribution in [-0.4, -0.2) is 40.9 Å². The van der Waals surface area contributed by atoms with Crippen LogP contribution >= 0.6 is 0 Å². The largest absolute Gasteiger partial charge is 0.765 e. The Bertz CT molecular complexity index is 15.1. The predicted molar refractivity (Wildman–Crippen MR) is 19.4 cm³/mol. The fourth-order valence-corrected chi connectivity index (χ4v) is 0.289. The molecule has 0 fully saturated rings. The van der Waals surface area contributed by atoms with Gasteiger partial charge in [-0.15, -0.1) is 0 Å². The third-order valence-electron chi connectivity index (χ3n) is 0.111. The van der Waals surface area contributed by atoms with Crippen molar-refractivity contribution in [2.45, 2.75) is 0 Å². The molecule has 5 heteroatoms. The maximum atomic E-state index is 4.24. The SMILES string of the molecule is [Al][O][B-][O][Al]. The zero-order chi connectivity index (χ0) is 4.12. The molecule has 0 bridgehead atoms. The minimum absolute atomic E-state index is 1.18. The summed E-state index contributed by atoms with van der Waals surface area (Å²) >= 11 is 4.01. The lowest BCUT2D eigenvalue weighted by atomic mass is 10.4. The highest BCUT2D eigenvalue weighted by Crippen LogP contribution is 1.52. The van der Waals surface area contributed by atoms with Crippen molar-refractivity contribution in [3.05, 3.63) is 0 Å². The first kappa shape index (κ1) is 6.05. The lowest BCUT2D eigenvalue weighted by molar-refractivity contribution is 0.513. The van der Waals surface area contributed by atoms with E-state index in [0.717, 1.165) is 0 Å². The van der Waals surface area contributed by atoms with E-state index < -0.39 is 0 Å². The summed E-state index contributed by atoms with van der Waals surface area (Å²) in [7, 11) is 1.18. The molecule has 5 heavy (non-hydrogen) atoms. The average Bonchev–Trinajstić information content (AvgIpc) is 1.41. The summed E-state index contributed by atoms with van der Waals surface area (Å²) in [6.45, 7) is 0. The van der Waals surface area contributed by atoms with Gasteiger partial charge in [0.1, 0.15) is 0 Å². The van der Waals surface area contributed by atoms with Crippen LogP contribution in [-0.2, 0) is 7.41 Å². The molecule has 0 saturated carbocycles. The molecule has 0 aliphatic rings. The van der Waals surface area contributed by atoms with E-state index in [9.17, 15) is 0 Å². The zero-order valence-corrected chi connectivity index (χ0v) is 4.86. The summed E-state index contributed by atoms with van der Waals surface area (Å²) in [4.78, 5) is 0. The van der Waals surface area contributed by atoms with Crippen LogP contribution in [0.15, 0.2) is 0 Å². The highest BCUT2D eigenvalue weighted by atomic mass is 27.1. The zero-order valence-electron chi connectivity index (χ0n) is 2.55. The van der Waals surface area contributed by atoms with Gasteiger partial charge in [-0.2, -0.15) is 0 Å². The Balaban J connectivity index is 2.19. The number of rotatable bonds is 2. The Morgan fingerprint density at radius 3 is 1.60 bits per heavy atom. The minimum atomic E-state index is 1.18. The maximum absolute atomic E-state index is 4.24. The lowest BCUT2D eigenvalue weighted by Crippen LogP contribution is -1.96. The van der Waals surface area contributed by atoms with Gasteiger partial charge in [-0.1, -0.05) is 7.69 Å². The molecule has 0 aromatic heterocycles. The van der Waals surface area contributed by atoms with Gasteiger partial charge in [0.2, 0.25) is 0 Å². The number of hydrogen-bond donors (Lipinski definition) is 0. The summed E-state index contributed by atoms with van der Waals surface area (Å²) in [6, 6.07) is 0. The van der Waals surface area contributed by atoms with E-state index in [0.29, 0.717) is 0 Å². The second kappa shape index (κ2) is 5.05. The van der Waals surface area contributed by atoms with Crippen molar-refractivity contribution in [2.24, 2.45) is 0 Å². The van der Waals surface area contributed by atoms with Crippen molar-refractivity contribution in [1.29, 1.82) is 0 Å². The molecule has 0 aliphatic carbocycles. The maximum Gasteiger partial charge on any atom is 0.313 e. The molecule has 0 rings (SSSR count). The molecule has 0 saturated heterocycles. The van der Waals surface area contributed by atoms with Crippen LogP contribution in [0.5, 0.6) is 0 Å². The van der Waals surface area contributed by atoms with E-state index in [1.165, 1.54) is 7.69 Å². The Morgan fingerprint density at radius 1 is 1.20 bits per heavy atom. The highest BCUT2D eigenvalue weighted by Gasteiger charge is 1.44. The average molecular weight is 96.8 g/mol. The van der Waals surface area contributed by atoms with Gasteiger partial charge in [-0.3, -0.25) is 0 Å². The molecular formula is Al2BO2-. The molecule has 0 N–H and O–H groups in total. The fraction of sp³-hybridized carbons (Fsp3) is 0. The van der Waals surface area contributed by atoms with Crippen molar-refractivity contribution in [2.75, 3.05) is 0 Å². The van der Waals surface area contributed by atoms with Crippen LogP contribution in [0.25, 0.3) is 0 Å². The van der Waals surface area contributed by atoms with Gasteiger partial charge in [-0.05, 0) is 0 Å². The van der Waals surface area contributed by atoms with Crippen LogP contribution in [0.4, 0.5) is 0 Å². The Morgan fingerprint density at radius 2 is 1.60 bits per heavy atom. The summed E-state index contributed by atoms with van der Waals surface area (Å²) in [6.07, 6.45) is 0. The molecule has 0 aromatic rings. The molecule has 2 nitrogen and oxygen atoms in total. The summed E-state index contributed by atoms with van der Waals surface area (Å²) in [5.41, 5.74) is 0. The van der Waals surface area contributed by atoms with Crippen LogP contribution in [0.2, 0.25) is 0 Å². The van der Waals surface area contributed by atoms with E-state index in [4.69, 9.17) is 0 Å². The molecule has 0 unspecified atom stereocenters. The summed E-state index contributed by atoms with van der Waals surface area (Å²) in [5.74, 6) is 0. The third-order valence-corrected chi connectivity index (χ3v) is 0.333. The third kappa shape index (κ3) is 5.05. The minimum Gasteiger partial charge on any atom is -0.765 e.